The van der Waals surface area contributed by atoms with Crippen LogP contribution in [0.25, 0.3) is 0 Å². The summed E-state index contributed by atoms with van der Waals surface area (Å²) in [6.45, 7) is 17.4. The van der Waals surface area contributed by atoms with Gasteiger partial charge >= 0.3 is 0 Å². The summed E-state index contributed by atoms with van der Waals surface area (Å²) < 4.78 is 0. The molecule has 0 saturated carbocycles. The Morgan fingerprint density at radius 1 is 1.00 bits per heavy atom. The Morgan fingerprint density at radius 2 is 1.67 bits per heavy atom. The number of piperazine rings is 1. The molecule has 0 bridgehead atoms. The van der Waals surface area contributed by atoms with Gasteiger partial charge in [0, 0.05) is 37.8 Å². The second-order valence-corrected chi connectivity index (χ2v) is 7.18. The third kappa shape index (κ3) is 3.87. The van der Waals surface area contributed by atoms with Crippen molar-refractivity contribution in [2.75, 3.05) is 19.6 Å². The molecule has 1 saturated heterocycles. The normalized spacial score (nSPS) is 23.0. The summed E-state index contributed by atoms with van der Waals surface area (Å²) in [6.07, 6.45) is 0. The third-order valence-corrected chi connectivity index (χ3v) is 4.98. The molecule has 0 aromatic heterocycles. The third-order valence-electron chi connectivity index (χ3n) is 4.98. The fraction of sp³-hybridized carbons (Fsp3) is 0.684. The number of benzene rings is 1. The summed E-state index contributed by atoms with van der Waals surface area (Å²) in [5.74, 6) is 0.605. The van der Waals surface area contributed by atoms with Crippen LogP contribution in [-0.4, -0.2) is 41.5 Å². The van der Waals surface area contributed by atoms with Gasteiger partial charge in [-0.05, 0) is 44.7 Å². The van der Waals surface area contributed by atoms with Crippen molar-refractivity contribution in [3.63, 3.8) is 0 Å². The minimum Gasteiger partial charge on any atom is -0.296 e. The van der Waals surface area contributed by atoms with Crippen LogP contribution in [0.1, 0.15) is 64.6 Å². The number of rotatable bonds is 4. The minimum atomic E-state index is 0.514. The van der Waals surface area contributed by atoms with Crippen molar-refractivity contribution in [2.45, 2.75) is 65.6 Å². The van der Waals surface area contributed by atoms with E-state index in [4.69, 9.17) is 0 Å². The summed E-state index contributed by atoms with van der Waals surface area (Å²) >= 11 is 0. The van der Waals surface area contributed by atoms with Crippen molar-refractivity contribution >= 4 is 0 Å². The van der Waals surface area contributed by atoms with Gasteiger partial charge in [0.25, 0.3) is 0 Å². The van der Waals surface area contributed by atoms with E-state index in [9.17, 15) is 0 Å². The molecular formula is C19H32N2. The highest BCUT2D eigenvalue weighted by atomic mass is 15.3. The van der Waals surface area contributed by atoms with Gasteiger partial charge in [-0.3, -0.25) is 9.80 Å². The maximum absolute atomic E-state index is 2.64. The Balaban J connectivity index is 2.07. The van der Waals surface area contributed by atoms with Crippen LogP contribution in [0, 0.1) is 0 Å². The molecule has 1 aromatic rings. The van der Waals surface area contributed by atoms with Crippen molar-refractivity contribution in [3.05, 3.63) is 35.4 Å². The summed E-state index contributed by atoms with van der Waals surface area (Å²) in [6, 6.07) is 11.0. The van der Waals surface area contributed by atoms with Gasteiger partial charge < -0.3 is 0 Å². The summed E-state index contributed by atoms with van der Waals surface area (Å²) in [4.78, 5) is 5.26. The van der Waals surface area contributed by atoms with E-state index in [1.165, 1.54) is 30.8 Å². The average Bonchev–Trinajstić information content (AvgIpc) is 2.46. The van der Waals surface area contributed by atoms with E-state index in [1.807, 2.05) is 0 Å². The second-order valence-electron chi connectivity index (χ2n) is 7.18. The Bertz CT molecular complexity index is 453. The van der Waals surface area contributed by atoms with Gasteiger partial charge in [0.1, 0.15) is 0 Å². The molecule has 0 aliphatic carbocycles. The molecule has 1 aromatic carbocycles. The van der Waals surface area contributed by atoms with Crippen molar-refractivity contribution in [1.29, 1.82) is 0 Å². The molecule has 1 aliphatic rings. The average molecular weight is 288 g/mol. The standard InChI is InChI=1S/C19H32N2/c1-14(2)18-8-7-9-19(12-18)17(6)20-10-11-21(15(3)4)16(5)13-20/h7-9,12,14-17H,10-11,13H2,1-6H3/t16-,17+/m0/s1. The lowest BCUT2D eigenvalue weighted by Gasteiger charge is -2.44. The molecule has 2 atom stereocenters. The molecule has 0 spiro atoms. The Hall–Kier alpha value is -0.860. The highest BCUT2D eigenvalue weighted by Gasteiger charge is 2.28. The van der Waals surface area contributed by atoms with Crippen molar-refractivity contribution in [1.82, 2.24) is 9.80 Å². The van der Waals surface area contributed by atoms with E-state index in [1.54, 1.807) is 0 Å². The maximum Gasteiger partial charge on any atom is 0.0321 e. The van der Waals surface area contributed by atoms with Crippen LogP contribution in [0.4, 0.5) is 0 Å². The SMILES string of the molecule is CC(C)c1cccc([C@@H](C)N2CCN(C(C)C)[C@@H](C)C2)c1. The highest BCUT2D eigenvalue weighted by molar-refractivity contribution is 5.28. The summed E-state index contributed by atoms with van der Waals surface area (Å²) in [5, 5.41) is 0. The van der Waals surface area contributed by atoms with Gasteiger partial charge in [-0.25, -0.2) is 0 Å². The molecule has 2 heteroatoms. The minimum absolute atomic E-state index is 0.514. The molecule has 1 aliphatic heterocycles. The van der Waals surface area contributed by atoms with Gasteiger partial charge in [-0.15, -0.1) is 0 Å². The van der Waals surface area contributed by atoms with Crippen molar-refractivity contribution in [3.8, 4) is 0 Å². The lowest BCUT2D eigenvalue weighted by atomic mass is 9.97. The molecule has 0 unspecified atom stereocenters. The maximum atomic E-state index is 2.64. The van der Waals surface area contributed by atoms with E-state index < -0.39 is 0 Å². The molecule has 2 nitrogen and oxygen atoms in total. The van der Waals surface area contributed by atoms with Crippen molar-refractivity contribution < 1.29 is 0 Å². The first-order valence-electron chi connectivity index (χ1n) is 8.49. The molecule has 0 radical (unpaired) electrons. The lowest BCUT2D eigenvalue weighted by molar-refractivity contribution is 0.0404. The largest absolute Gasteiger partial charge is 0.296 e. The van der Waals surface area contributed by atoms with E-state index in [0.717, 1.165) is 0 Å². The Kier molecular flexibility index (Phi) is 5.45. The predicted molar refractivity (Wildman–Crippen MR) is 91.8 cm³/mol. The van der Waals surface area contributed by atoms with E-state index in [-0.39, 0.29) is 0 Å². The molecule has 1 heterocycles. The van der Waals surface area contributed by atoms with Crippen LogP contribution in [0.15, 0.2) is 24.3 Å². The molecule has 2 rings (SSSR count). The molecular weight excluding hydrogens is 256 g/mol. The monoisotopic (exact) mass is 288 g/mol. The van der Waals surface area contributed by atoms with Crippen molar-refractivity contribution in [2.24, 2.45) is 0 Å². The van der Waals surface area contributed by atoms with Gasteiger partial charge in [0.15, 0.2) is 0 Å². The fourth-order valence-corrected chi connectivity index (χ4v) is 3.51. The Labute approximate surface area is 131 Å². The first-order valence-corrected chi connectivity index (χ1v) is 8.49. The number of nitrogens with zero attached hydrogens (tertiary/aromatic N) is 2. The van der Waals surface area contributed by atoms with Crippen LogP contribution < -0.4 is 0 Å². The quantitative estimate of drug-likeness (QED) is 0.815. The van der Waals surface area contributed by atoms with Crippen LogP contribution in [0.3, 0.4) is 0 Å². The molecule has 21 heavy (non-hydrogen) atoms. The van der Waals surface area contributed by atoms with Crippen LogP contribution in [0.2, 0.25) is 0 Å². The summed E-state index contributed by atoms with van der Waals surface area (Å²) in [7, 11) is 0. The van der Waals surface area contributed by atoms with Gasteiger partial charge in [-0.1, -0.05) is 38.1 Å². The smallest absolute Gasteiger partial charge is 0.0321 e. The predicted octanol–water partition coefficient (Wildman–Crippen LogP) is 4.29. The van der Waals surface area contributed by atoms with E-state index >= 15 is 0 Å². The number of hydrogen-bond donors (Lipinski definition) is 0. The molecule has 0 N–H and O–H groups in total. The molecule has 1 fully saturated rings. The van der Waals surface area contributed by atoms with Crippen LogP contribution >= 0.6 is 0 Å². The molecule has 118 valence electrons. The van der Waals surface area contributed by atoms with Gasteiger partial charge in [-0.2, -0.15) is 0 Å². The summed E-state index contributed by atoms with van der Waals surface area (Å²) in [5.41, 5.74) is 2.92. The first-order chi connectivity index (χ1) is 9.90. The second kappa shape index (κ2) is 6.93. The zero-order valence-corrected chi connectivity index (χ0v) is 14.6. The Morgan fingerprint density at radius 3 is 2.24 bits per heavy atom. The molecule has 0 amide bonds. The number of hydrogen-bond acceptors (Lipinski definition) is 2. The first kappa shape index (κ1) is 16.5. The van der Waals surface area contributed by atoms with Crippen LogP contribution in [0.5, 0.6) is 0 Å². The topological polar surface area (TPSA) is 6.48 Å². The van der Waals surface area contributed by atoms with E-state index in [0.29, 0.717) is 24.0 Å². The van der Waals surface area contributed by atoms with Gasteiger partial charge in [0.05, 0.1) is 0 Å². The zero-order valence-electron chi connectivity index (χ0n) is 14.6. The highest BCUT2D eigenvalue weighted by Crippen LogP contribution is 2.26. The van der Waals surface area contributed by atoms with E-state index in [2.05, 4.69) is 75.6 Å². The fourth-order valence-electron chi connectivity index (χ4n) is 3.51. The lowest BCUT2D eigenvalue weighted by Crippen LogP contribution is -2.54. The van der Waals surface area contributed by atoms with Crippen LogP contribution in [-0.2, 0) is 0 Å². The van der Waals surface area contributed by atoms with Gasteiger partial charge in [0.2, 0.25) is 0 Å². The zero-order chi connectivity index (χ0) is 15.6.